The lowest BCUT2D eigenvalue weighted by atomic mass is 9.97. The first-order valence-corrected chi connectivity index (χ1v) is 22.7. The first kappa shape index (κ1) is 48.7. The fourth-order valence-electron chi connectivity index (χ4n) is 6.12. The van der Waals surface area contributed by atoms with E-state index in [0.29, 0.717) is 37.2 Å². The molecule has 0 heterocycles. The number of carboxylic acids is 2. The van der Waals surface area contributed by atoms with Crippen molar-refractivity contribution >= 4 is 45.2 Å². The molecule has 0 aromatic heterocycles. The van der Waals surface area contributed by atoms with E-state index in [1.54, 1.807) is 0 Å². The highest BCUT2D eigenvalue weighted by Crippen LogP contribution is 2.26. The smallest absolute Gasteiger partial charge is 0.326 e. The van der Waals surface area contributed by atoms with E-state index in [9.17, 15) is 29.4 Å². The number of Topliss-reactive ketones (excluding diaryl/α,β-unsaturated/α-hetero) is 1. The first-order chi connectivity index (χ1) is 24.3. The maximum absolute atomic E-state index is 12.4. The van der Waals surface area contributed by atoms with Gasteiger partial charge in [0.1, 0.15) is 11.8 Å². The number of carbonyl (C=O) groups excluding carboxylic acids is 2. The fourth-order valence-corrected chi connectivity index (χ4v) is 8.35. The molecular formula is C39H75N3O6S2. The predicted molar refractivity (Wildman–Crippen MR) is 213 cm³/mol. The molecule has 0 aromatic rings. The molecule has 11 heteroatoms. The Morgan fingerprint density at radius 1 is 0.480 bits per heavy atom. The van der Waals surface area contributed by atoms with Gasteiger partial charge in [-0.3, -0.25) is 14.4 Å². The zero-order chi connectivity index (χ0) is 36.9. The van der Waals surface area contributed by atoms with Crippen molar-refractivity contribution < 1.29 is 29.4 Å². The quantitative estimate of drug-likeness (QED) is 0.0300. The van der Waals surface area contributed by atoms with E-state index in [0.717, 1.165) is 64.5 Å². The molecule has 0 saturated carbocycles. The van der Waals surface area contributed by atoms with E-state index >= 15 is 0 Å². The SMILES string of the molecule is NCCCCCCCCCCCCCCC(=O)CC(CCSSCCC(NC(=O)CCCCCCCCCCCCCCN)C(=O)O)C(=O)O. The molecule has 0 spiro atoms. The van der Waals surface area contributed by atoms with Crippen molar-refractivity contribution in [3.05, 3.63) is 0 Å². The number of aliphatic carboxylic acids is 2. The minimum absolute atomic E-state index is 0.0283. The molecule has 9 nitrogen and oxygen atoms in total. The summed E-state index contributed by atoms with van der Waals surface area (Å²) in [4.78, 5) is 48.2. The molecule has 2 atom stereocenters. The minimum Gasteiger partial charge on any atom is -0.481 e. The highest BCUT2D eigenvalue weighted by molar-refractivity contribution is 8.76. The highest BCUT2D eigenvalue weighted by Gasteiger charge is 2.22. The van der Waals surface area contributed by atoms with Gasteiger partial charge in [-0.05, 0) is 51.6 Å². The van der Waals surface area contributed by atoms with Crippen LogP contribution < -0.4 is 16.8 Å². The lowest BCUT2D eigenvalue weighted by Crippen LogP contribution is -2.41. The highest BCUT2D eigenvalue weighted by atomic mass is 33.1. The Balaban J connectivity index is 3.87. The van der Waals surface area contributed by atoms with E-state index in [4.69, 9.17) is 11.5 Å². The number of amides is 1. The van der Waals surface area contributed by atoms with E-state index < -0.39 is 23.9 Å². The van der Waals surface area contributed by atoms with Crippen molar-refractivity contribution in [3.8, 4) is 0 Å². The maximum Gasteiger partial charge on any atom is 0.326 e. The average molecular weight is 746 g/mol. The maximum atomic E-state index is 12.4. The van der Waals surface area contributed by atoms with Gasteiger partial charge in [0.15, 0.2) is 0 Å². The molecule has 0 radical (unpaired) electrons. The standard InChI is InChI=1S/C39H75N3O6S2/c40-29-23-19-15-11-7-3-1-5-9-13-17-21-25-35(43)33-34(38(45)46)27-31-49-50-32-28-36(39(47)48)42-37(44)26-22-18-14-10-6-2-4-8-12-16-20-24-30-41/h34,36H,1-33,40-41H2,(H,42,44)(H,45,46)(H,47,48). The second-order valence-corrected chi connectivity index (χ2v) is 16.7. The van der Waals surface area contributed by atoms with Gasteiger partial charge in [0.05, 0.1) is 5.92 Å². The van der Waals surface area contributed by atoms with Gasteiger partial charge < -0.3 is 27.0 Å². The lowest BCUT2D eigenvalue weighted by molar-refractivity contribution is -0.144. The summed E-state index contributed by atoms with van der Waals surface area (Å²) in [7, 11) is 2.98. The number of ketones is 1. The topological polar surface area (TPSA) is 173 Å². The van der Waals surface area contributed by atoms with Crippen LogP contribution in [0, 0.1) is 5.92 Å². The van der Waals surface area contributed by atoms with Crippen LogP contribution in [-0.2, 0) is 19.2 Å². The largest absolute Gasteiger partial charge is 0.481 e. The first-order valence-electron chi connectivity index (χ1n) is 20.2. The number of carboxylic acid groups (broad SMARTS) is 2. The van der Waals surface area contributed by atoms with Crippen LogP contribution in [0.25, 0.3) is 0 Å². The number of hydrogen-bond acceptors (Lipinski definition) is 8. The second kappa shape index (κ2) is 37.5. The van der Waals surface area contributed by atoms with Crippen LogP contribution >= 0.6 is 21.6 Å². The van der Waals surface area contributed by atoms with Crippen molar-refractivity contribution in [2.45, 2.75) is 192 Å². The zero-order valence-corrected chi connectivity index (χ0v) is 33.1. The van der Waals surface area contributed by atoms with Crippen LogP contribution in [0.5, 0.6) is 0 Å². The van der Waals surface area contributed by atoms with Crippen LogP contribution in [0.4, 0.5) is 0 Å². The van der Waals surface area contributed by atoms with E-state index in [1.807, 2.05) is 0 Å². The molecule has 7 N–H and O–H groups in total. The number of carbonyl (C=O) groups is 4. The number of unbranched alkanes of at least 4 members (excludes halogenated alkanes) is 22. The van der Waals surface area contributed by atoms with Gasteiger partial charge in [0.2, 0.25) is 5.91 Å². The van der Waals surface area contributed by atoms with Crippen LogP contribution in [0.1, 0.15) is 186 Å². The van der Waals surface area contributed by atoms with Crippen molar-refractivity contribution in [1.82, 2.24) is 5.32 Å². The summed E-state index contributed by atoms with van der Waals surface area (Å²) < 4.78 is 0. The average Bonchev–Trinajstić information content (AvgIpc) is 3.09. The Kier molecular flexibility index (Phi) is 36.5. The molecule has 0 aliphatic carbocycles. The zero-order valence-electron chi connectivity index (χ0n) is 31.5. The molecule has 0 aliphatic heterocycles. The number of nitrogens with one attached hydrogen (secondary N) is 1. The fraction of sp³-hybridized carbons (Fsp3) is 0.897. The molecule has 294 valence electrons. The summed E-state index contributed by atoms with van der Waals surface area (Å²) in [6.45, 7) is 1.59. The summed E-state index contributed by atoms with van der Waals surface area (Å²) in [6.07, 6.45) is 30.0. The van der Waals surface area contributed by atoms with Crippen LogP contribution in [0.3, 0.4) is 0 Å². The monoisotopic (exact) mass is 746 g/mol. The van der Waals surface area contributed by atoms with Crippen molar-refractivity contribution in [2.75, 3.05) is 24.6 Å². The Morgan fingerprint density at radius 2 is 0.840 bits per heavy atom. The van der Waals surface area contributed by atoms with Gasteiger partial charge in [-0.1, -0.05) is 150 Å². The summed E-state index contributed by atoms with van der Waals surface area (Å²) >= 11 is 0. The van der Waals surface area contributed by atoms with E-state index in [-0.39, 0.29) is 18.1 Å². The molecule has 0 bridgehead atoms. The van der Waals surface area contributed by atoms with Crippen LogP contribution in [0.15, 0.2) is 0 Å². The number of hydrogen-bond donors (Lipinski definition) is 5. The van der Waals surface area contributed by atoms with Crippen molar-refractivity contribution in [2.24, 2.45) is 17.4 Å². The number of rotatable bonds is 40. The van der Waals surface area contributed by atoms with Gasteiger partial charge in [-0.25, -0.2) is 4.79 Å². The van der Waals surface area contributed by atoms with Crippen molar-refractivity contribution in [3.63, 3.8) is 0 Å². The molecule has 0 aromatic carbocycles. The Labute approximate surface area is 313 Å². The number of nitrogens with two attached hydrogens (primary N) is 2. The third kappa shape index (κ3) is 33.8. The summed E-state index contributed by atoms with van der Waals surface area (Å²) in [6, 6.07) is -0.919. The molecular weight excluding hydrogens is 671 g/mol. The van der Waals surface area contributed by atoms with Gasteiger partial charge in [-0.2, -0.15) is 0 Å². The molecule has 0 rings (SSSR count). The molecule has 1 amide bonds. The van der Waals surface area contributed by atoms with Gasteiger partial charge >= 0.3 is 11.9 Å². The van der Waals surface area contributed by atoms with Gasteiger partial charge in [0, 0.05) is 30.8 Å². The van der Waals surface area contributed by atoms with Crippen LogP contribution in [-0.4, -0.2) is 64.5 Å². The molecule has 0 saturated heterocycles. The van der Waals surface area contributed by atoms with E-state index in [2.05, 4.69) is 5.32 Å². The third-order valence-electron chi connectivity index (χ3n) is 9.35. The van der Waals surface area contributed by atoms with Gasteiger partial charge in [0.25, 0.3) is 0 Å². The van der Waals surface area contributed by atoms with E-state index in [1.165, 1.54) is 124 Å². The normalized spacial score (nSPS) is 12.5. The summed E-state index contributed by atoms with van der Waals surface area (Å²) in [5, 5.41) is 21.8. The Hall–Kier alpha value is -1.30. The molecule has 0 aliphatic rings. The minimum atomic E-state index is -1.03. The van der Waals surface area contributed by atoms with Gasteiger partial charge in [-0.15, -0.1) is 0 Å². The summed E-state index contributed by atoms with van der Waals surface area (Å²) in [5.41, 5.74) is 11.0. The molecule has 0 fully saturated rings. The molecule has 50 heavy (non-hydrogen) atoms. The Morgan fingerprint density at radius 3 is 1.22 bits per heavy atom. The Bertz CT molecular complexity index is 770. The molecule has 2 unspecified atom stereocenters. The van der Waals surface area contributed by atoms with Crippen LogP contribution in [0.2, 0.25) is 0 Å². The summed E-state index contributed by atoms with van der Waals surface area (Å²) in [5.74, 6) is -1.73. The second-order valence-electron chi connectivity index (χ2n) is 14.0. The predicted octanol–water partition coefficient (Wildman–Crippen LogP) is 9.44. The van der Waals surface area contributed by atoms with Crippen molar-refractivity contribution in [1.29, 1.82) is 0 Å². The lowest BCUT2D eigenvalue weighted by Gasteiger charge is -2.14. The third-order valence-corrected chi connectivity index (χ3v) is 11.8.